The Morgan fingerprint density at radius 3 is 2.43 bits per heavy atom. The van der Waals surface area contributed by atoms with E-state index in [0.29, 0.717) is 39.3 Å². The first-order valence-corrected chi connectivity index (χ1v) is 14.5. The van der Waals surface area contributed by atoms with Crippen molar-refractivity contribution in [3.8, 4) is 11.5 Å². The van der Waals surface area contributed by atoms with Crippen LogP contribution in [0.25, 0.3) is 0 Å². The van der Waals surface area contributed by atoms with Crippen LogP contribution in [-0.4, -0.2) is 57.3 Å². The van der Waals surface area contributed by atoms with Crippen LogP contribution in [-0.2, 0) is 26.2 Å². The summed E-state index contributed by atoms with van der Waals surface area (Å²) in [5.74, 6) is 0.374. The third kappa shape index (κ3) is 7.43. The van der Waals surface area contributed by atoms with Crippen molar-refractivity contribution in [1.29, 1.82) is 0 Å². The Morgan fingerprint density at radius 1 is 1.11 bits per heavy atom. The van der Waals surface area contributed by atoms with Gasteiger partial charge in [-0.2, -0.15) is 0 Å². The maximum Gasteiger partial charge on any atom is 0.242 e. The number of anilines is 1. The molecule has 0 saturated carbocycles. The first-order valence-electron chi connectivity index (χ1n) is 11.9. The van der Waals surface area contributed by atoms with Crippen LogP contribution in [0.4, 0.5) is 5.69 Å². The standard InChI is InChI=1S/C25H31Cl2N3O6S/c1-4-12-28-25(32)17(2)29(15-19-20(26)7-5-8-21(19)27)24(31)9-6-13-30(37(3,33)34)18-10-11-22-23(14-18)36-16-35-22/h5,7-8,10-11,14,17H,4,6,9,12-13,15-16H2,1-3H3,(H,28,32)/t17-/m1/s1. The topological polar surface area (TPSA) is 105 Å². The molecule has 0 aliphatic carbocycles. The second-order valence-electron chi connectivity index (χ2n) is 8.67. The van der Waals surface area contributed by atoms with Crippen LogP contribution in [0.5, 0.6) is 11.5 Å². The Morgan fingerprint density at radius 2 is 1.78 bits per heavy atom. The molecule has 0 spiro atoms. The molecule has 0 bridgehead atoms. The zero-order valence-corrected chi connectivity index (χ0v) is 23.3. The Balaban J connectivity index is 1.76. The Hall–Kier alpha value is -2.69. The molecule has 2 aromatic carbocycles. The van der Waals surface area contributed by atoms with E-state index in [1.54, 1.807) is 43.3 Å². The SMILES string of the molecule is CCCNC(=O)[C@@H](C)N(Cc1c(Cl)cccc1Cl)C(=O)CCCN(c1ccc2c(c1)OCO2)S(C)(=O)=O. The number of benzene rings is 2. The highest BCUT2D eigenvalue weighted by atomic mass is 35.5. The summed E-state index contributed by atoms with van der Waals surface area (Å²) < 4.78 is 36.9. The lowest BCUT2D eigenvalue weighted by Gasteiger charge is -2.30. The van der Waals surface area contributed by atoms with Gasteiger partial charge in [0.05, 0.1) is 11.9 Å². The van der Waals surface area contributed by atoms with E-state index in [-0.39, 0.29) is 44.5 Å². The number of nitrogens with one attached hydrogen (secondary N) is 1. The van der Waals surface area contributed by atoms with Crippen molar-refractivity contribution < 1.29 is 27.5 Å². The number of halogens is 2. The zero-order valence-electron chi connectivity index (χ0n) is 21.0. The number of ether oxygens (including phenoxy) is 2. The number of amides is 2. The largest absolute Gasteiger partial charge is 0.454 e. The number of nitrogens with zero attached hydrogens (tertiary/aromatic N) is 2. The van der Waals surface area contributed by atoms with Crippen LogP contribution < -0.4 is 19.1 Å². The van der Waals surface area contributed by atoms with Gasteiger partial charge in [0.25, 0.3) is 0 Å². The smallest absolute Gasteiger partial charge is 0.242 e. The predicted octanol–water partition coefficient (Wildman–Crippen LogP) is 4.21. The van der Waals surface area contributed by atoms with Gasteiger partial charge < -0.3 is 19.7 Å². The minimum Gasteiger partial charge on any atom is -0.454 e. The number of carbonyl (C=O) groups is 2. The average Bonchev–Trinajstić information content (AvgIpc) is 3.31. The van der Waals surface area contributed by atoms with Crippen LogP contribution in [0.15, 0.2) is 36.4 Å². The van der Waals surface area contributed by atoms with Crippen molar-refractivity contribution in [2.24, 2.45) is 0 Å². The quantitative estimate of drug-likeness (QED) is 0.409. The summed E-state index contributed by atoms with van der Waals surface area (Å²) in [5, 5.41) is 3.58. The van der Waals surface area contributed by atoms with E-state index in [9.17, 15) is 18.0 Å². The highest BCUT2D eigenvalue weighted by molar-refractivity contribution is 7.92. The highest BCUT2D eigenvalue weighted by Crippen LogP contribution is 2.36. The molecule has 1 heterocycles. The molecular formula is C25H31Cl2N3O6S. The summed E-state index contributed by atoms with van der Waals surface area (Å²) >= 11 is 12.7. The molecule has 1 N–H and O–H groups in total. The van der Waals surface area contributed by atoms with Crippen LogP contribution in [0.1, 0.15) is 38.7 Å². The first kappa shape index (κ1) is 28.9. The molecule has 0 fully saturated rings. The molecule has 202 valence electrons. The van der Waals surface area contributed by atoms with Crippen LogP contribution in [0, 0.1) is 0 Å². The maximum absolute atomic E-state index is 13.4. The fourth-order valence-corrected chi connectivity index (χ4v) is 5.35. The van der Waals surface area contributed by atoms with Crippen LogP contribution in [0.2, 0.25) is 10.0 Å². The minimum absolute atomic E-state index is 0.00401. The van der Waals surface area contributed by atoms with E-state index in [1.807, 2.05) is 6.92 Å². The maximum atomic E-state index is 13.4. The molecule has 1 atom stereocenters. The molecule has 9 nitrogen and oxygen atoms in total. The number of sulfonamides is 1. The summed E-state index contributed by atoms with van der Waals surface area (Å²) in [4.78, 5) is 27.5. The van der Waals surface area contributed by atoms with Crippen molar-refractivity contribution in [1.82, 2.24) is 10.2 Å². The summed E-state index contributed by atoms with van der Waals surface area (Å²) in [5.41, 5.74) is 0.943. The average molecular weight is 573 g/mol. The van der Waals surface area contributed by atoms with E-state index < -0.39 is 16.1 Å². The Kier molecular flexibility index (Phi) is 9.92. The van der Waals surface area contributed by atoms with Crippen molar-refractivity contribution in [3.63, 3.8) is 0 Å². The van der Waals surface area contributed by atoms with Crippen molar-refractivity contribution in [2.75, 3.05) is 30.4 Å². The normalized spacial score (nSPS) is 13.2. The lowest BCUT2D eigenvalue weighted by Crippen LogP contribution is -2.48. The molecule has 1 aliphatic heterocycles. The third-order valence-corrected chi connectivity index (χ3v) is 7.81. The van der Waals surface area contributed by atoms with Crippen molar-refractivity contribution >= 4 is 50.7 Å². The molecule has 2 aromatic rings. The van der Waals surface area contributed by atoms with Gasteiger partial charge in [-0.15, -0.1) is 0 Å². The predicted molar refractivity (Wildman–Crippen MR) is 144 cm³/mol. The third-order valence-electron chi connectivity index (χ3n) is 5.90. The lowest BCUT2D eigenvalue weighted by molar-refractivity contribution is -0.140. The minimum atomic E-state index is -3.64. The fraction of sp³-hybridized carbons (Fsp3) is 0.440. The number of hydrogen-bond donors (Lipinski definition) is 1. The monoisotopic (exact) mass is 571 g/mol. The van der Waals surface area contributed by atoms with Crippen LogP contribution >= 0.6 is 23.2 Å². The van der Waals surface area contributed by atoms with Gasteiger partial charge in [0.2, 0.25) is 28.6 Å². The van der Waals surface area contributed by atoms with E-state index in [2.05, 4.69) is 5.32 Å². The molecule has 37 heavy (non-hydrogen) atoms. The molecule has 0 unspecified atom stereocenters. The summed E-state index contributed by atoms with van der Waals surface area (Å²) in [6.07, 6.45) is 2.08. The Labute approximate surface area is 227 Å². The fourth-order valence-electron chi connectivity index (χ4n) is 3.88. The molecule has 2 amide bonds. The van der Waals surface area contributed by atoms with Gasteiger partial charge in [-0.1, -0.05) is 36.2 Å². The molecule has 0 aromatic heterocycles. The van der Waals surface area contributed by atoms with Crippen molar-refractivity contribution in [3.05, 3.63) is 52.0 Å². The second-order valence-corrected chi connectivity index (χ2v) is 11.4. The highest BCUT2D eigenvalue weighted by Gasteiger charge is 2.28. The number of rotatable bonds is 12. The summed E-state index contributed by atoms with van der Waals surface area (Å²) in [7, 11) is -3.64. The number of carbonyl (C=O) groups excluding carboxylic acids is 2. The van der Waals surface area contributed by atoms with E-state index in [0.717, 1.165) is 12.7 Å². The van der Waals surface area contributed by atoms with Gasteiger partial charge in [-0.25, -0.2) is 8.42 Å². The lowest BCUT2D eigenvalue weighted by atomic mass is 10.1. The molecule has 1 aliphatic rings. The second kappa shape index (κ2) is 12.7. The summed E-state index contributed by atoms with van der Waals surface area (Å²) in [6, 6.07) is 9.12. The molecular weight excluding hydrogens is 541 g/mol. The van der Waals surface area contributed by atoms with Crippen molar-refractivity contribution in [2.45, 2.75) is 45.7 Å². The number of fused-ring (bicyclic) bond motifs is 1. The molecule has 0 saturated heterocycles. The molecule has 3 rings (SSSR count). The van der Waals surface area contributed by atoms with Gasteiger partial charge in [-0.05, 0) is 44.0 Å². The van der Waals surface area contributed by atoms with Gasteiger partial charge in [0.1, 0.15) is 6.04 Å². The van der Waals surface area contributed by atoms with Gasteiger partial charge in [0, 0.05) is 47.7 Å². The first-order chi connectivity index (χ1) is 17.5. The Bertz CT molecular complexity index is 1220. The molecule has 0 radical (unpaired) electrons. The van der Waals surface area contributed by atoms with E-state index in [1.165, 1.54) is 9.21 Å². The van der Waals surface area contributed by atoms with Gasteiger partial charge in [-0.3, -0.25) is 13.9 Å². The molecule has 12 heteroatoms. The summed E-state index contributed by atoms with van der Waals surface area (Å²) in [6.45, 7) is 4.23. The van der Waals surface area contributed by atoms with Gasteiger partial charge >= 0.3 is 0 Å². The van der Waals surface area contributed by atoms with E-state index >= 15 is 0 Å². The zero-order chi connectivity index (χ0) is 27.2. The van der Waals surface area contributed by atoms with Crippen LogP contribution in [0.3, 0.4) is 0 Å². The van der Waals surface area contributed by atoms with E-state index in [4.69, 9.17) is 32.7 Å². The van der Waals surface area contributed by atoms with Gasteiger partial charge in [0.15, 0.2) is 11.5 Å². The number of hydrogen-bond acceptors (Lipinski definition) is 6.